The summed E-state index contributed by atoms with van der Waals surface area (Å²) in [5.74, 6) is -0.0772. The fourth-order valence-corrected chi connectivity index (χ4v) is 2.16. The van der Waals surface area contributed by atoms with Crippen LogP contribution in [0.15, 0.2) is 12.1 Å². The number of hydrogen-bond donors (Lipinski definition) is 0. The van der Waals surface area contributed by atoms with E-state index in [1.807, 2.05) is 13.8 Å². The molecule has 0 heterocycles. The third-order valence-corrected chi connectivity index (χ3v) is 4.66. The molecule has 1 aromatic rings. The molecule has 0 aliphatic heterocycles. The van der Waals surface area contributed by atoms with Gasteiger partial charge in [-0.25, -0.2) is 4.39 Å². The maximum atomic E-state index is 13.4. The standard InChI is InChI=1S/C11H12BrFINO2/c1-6(2)8(12)3-7-4-9(13)10(14)5-11(7)15(16)17/h4-6,8H,3H2,1-2H3. The molecule has 0 bridgehead atoms. The van der Waals surface area contributed by atoms with Crippen molar-refractivity contribution in [3.63, 3.8) is 0 Å². The van der Waals surface area contributed by atoms with Crippen LogP contribution in [0.3, 0.4) is 0 Å². The van der Waals surface area contributed by atoms with Crippen LogP contribution < -0.4 is 0 Å². The Morgan fingerprint density at radius 1 is 1.53 bits per heavy atom. The van der Waals surface area contributed by atoms with Crippen molar-refractivity contribution >= 4 is 44.2 Å². The Bertz CT molecular complexity index is 440. The van der Waals surface area contributed by atoms with Crippen LogP contribution in [0.2, 0.25) is 0 Å². The molecule has 17 heavy (non-hydrogen) atoms. The molecule has 1 atom stereocenters. The minimum atomic E-state index is -0.461. The first-order valence-corrected chi connectivity index (χ1v) is 7.08. The minimum Gasteiger partial charge on any atom is -0.258 e. The molecule has 6 heteroatoms. The maximum Gasteiger partial charge on any atom is 0.273 e. The number of halogens is 3. The van der Waals surface area contributed by atoms with E-state index in [0.29, 0.717) is 17.9 Å². The van der Waals surface area contributed by atoms with E-state index in [1.165, 1.54) is 12.1 Å². The Kier molecular flexibility index (Phi) is 5.30. The number of nitrogens with zero attached hydrogens (tertiary/aromatic N) is 1. The fourth-order valence-electron chi connectivity index (χ4n) is 1.36. The van der Waals surface area contributed by atoms with Gasteiger partial charge in [-0.05, 0) is 41.0 Å². The van der Waals surface area contributed by atoms with Crippen LogP contribution in [-0.2, 0) is 6.42 Å². The van der Waals surface area contributed by atoms with E-state index in [-0.39, 0.29) is 14.1 Å². The van der Waals surface area contributed by atoms with E-state index in [2.05, 4.69) is 15.9 Å². The van der Waals surface area contributed by atoms with E-state index in [0.717, 1.165) is 0 Å². The lowest BCUT2D eigenvalue weighted by molar-refractivity contribution is -0.385. The van der Waals surface area contributed by atoms with Gasteiger partial charge in [-0.2, -0.15) is 0 Å². The summed E-state index contributed by atoms with van der Waals surface area (Å²) in [5.41, 5.74) is 0.421. The summed E-state index contributed by atoms with van der Waals surface area (Å²) in [7, 11) is 0. The second kappa shape index (κ2) is 6.08. The molecule has 94 valence electrons. The Morgan fingerprint density at radius 3 is 2.59 bits per heavy atom. The van der Waals surface area contributed by atoms with Crippen molar-refractivity contribution in [3.8, 4) is 0 Å². The SMILES string of the molecule is CC(C)C(Br)Cc1cc(F)c(I)cc1[N+](=O)[O-]. The van der Waals surface area contributed by atoms with Gasteiger partial charge in [0.25, 0.3) is 5.69 Å². The highest BCUT2D eigenvalue weighted by molar-refractivity contribution is 14.1. The number of alkyl halides is 1. The lowest BCUT2D eigenvalue weighted by Crippen LogP contribution is -2.12. The molecule has 1 unspecified atom stereocenters. The van der Waals surface area contributed by atoms with E-state index in [9.17, 15) is 14.5 Å². The Morgan fingerprint density at radius 2 is 2.12 bits per heavy atom. The third kappa shape index (κ3) is 3.87. The van der Waals surface area contributed by atoms with Gasteiger partial charge in [-0.15, -0.1) is 0 Å². The normalized spacial score (nSPS) is 12.8. The summed E-state index contributed by atoms with van der Waals surface area (Å²) >= 11 is 5.21. The van der Waals surface area contributed by atoms with Gasteiger partial charge < -0.3 is 0 Å². The minimum absolute atomic E-state index is 0.0131. The average Bonchev–Trinajstić information content (AvgIpc) is 2.22. The van der Waals surface area contributed by atoms with E-state index in [1.54, 1.807) is 22.6 Å². The van der Waals surface area contributed by atoms with Gasteiger partial charge in [0.15, 0.2) is 0 Å². The Hall–Kier alpha value is -0.240. The van der Waals surface area contributed by atoms with Crippen LogP contribution in [0.5, 0.6) is 0 Å². The smallest absolute Gasteiger partial charge is 0.258 e. The predicted molar refractivity (Wildman–Crippen MR) is 77.0 cm³/mol. The molecule has 1 aromatic carbocycles. The molecule has 0 amide bonds. The highest BCUT2D eigenvalue weighted by Crippen LogP contribution is 2.28. The van der Waals surface area contributed by atoms with E-state index >= 15 is 0 Å². The second-order valence-electron chi connectivity index (χ2n) is 4.12. The summed E-state index contributed by atoms with van der Waals surface area (Å²) < 4.78 is 13.7. The first kappa shape index (κ1) is 14.8. The van der Waals surface area contributed by atoms with Crippen LogP contribution in [0.1, 0.15) is 19.4 Å². The fraction of sp³-hybridized carbons (Fsp3) is 0.455. The number of nitro groups is 1. The van der Waals surface area contributed by atoms with E-state index in [4.69, 9.17) is 0 Å². The predicted octanol–water partition coefficient (Wildman–Crippen LogP) is 4.30. The van der Waals surface area contributed by atoms with Gasteiger partial charge >= 0.3 is 0 Å². The maximum absolute atomic E-state index is 13.4. The molecule has 0 radical (unpaired) electrons. The Labute approximate surface area is 121 Å². The zero-order valence-electron chi connectivity index (χ0n) is 9.41. The molecule has 0 N–H and O–H groups in total. The van der Waals surface area contributed by atoms with Crippen molar-refractivity contribution in [1.82, 2.24) is 0 Å². The number of hydrogen-bond acceptors (Lipinski definition) is 2. The number of benzene rings is 1. The lowest BCUT2D eigenvalue weighted by atomic mass is 10.0. The molecule has 0 aliphatic rings. The first-order chi connectivity index (χ1) is 7.82. The summed E-state index contributed by atoms with van der Waals surface area (Å²) in [6.45, 7) is 4.02. The molecule has 0 fully saturated rings. The number of rotatable bonds is 4. The van der Waals surface area contributed by atoms with Gasteiger partial charge in [0.1, 0.15) is 5.82 Å². The molecule has 1 rings (SSSR count). The molecule has 0 spiro atoms. The van der Waals surface area contributed by atoms with Crippen molar-refractivity contribution in [3.05, 3.63) is 37.2 Å². The van der Waals surface area contributed by atoms with Gasteiger partial charge in [-0.3, -0.25) is 10.1 Å². The summed E-state index contributed by atoms with van der Waals surface area (Å²) in [6, 6.07) is 2.54. The van der Waals surface area contributed by atoms with Gasteiger partial charge in [-0.1, -0.05) is 29.8 Å². The van der Waals surface area contributed by atoms with Crippen molar-refractivity contribution in [2.75, 3.05) is 0 Å². The first-order valence-electron chi connectivity index (χ1n) is 5.09. The summed E-state index contributed by atoms with van der Waals surface area (Å²) in [6.07, 6.45) is 0.446. The molecule has 3 nitrogen and oxygen atoms in total. The molecule has 0 saturated heterocycles. The number of nitro benzene ring substituents is 1. The topological polar surface area (TPSA) is 43.1 Å². The van der Waals surface area contributed by atoms with Crippen molar-refractivity contribution in [1.29, 1.82) is 0 Å². The monoisotopic (exact) mass is 415 g/mol. The summed E-state index contributed by atoms with van der Waals surface area (Å²) in [5, 5.41) is 10.9. The zero-order chi connectivity index (χ0) is 13.2. The van der Waals surface area contributed by atoms with Crippen LogP contribution >= 0.6 is 38.5 Å². The molecule has 0 aromatic heterocycles. The lowest BCUT2D eigenvalue weighted by Gasteiger charge is -2.13. The zero-order valence-corrected chi connectivity index (χ0v) is 13.2. The van der Waals surface area contributed by atoms with Crippen molar-refractivity contribution < 1.29 is 9.31 Å². The van der Waals surface area contributed by atoms with Crippen molar-refractivity contribution in [2.45, 2.75) is 25.1 Å². The molecular weight excluding hydrogens is 404 g/mol. The molecular formula is C11H12BrFINO2. The third-order valence-electron chi connectivity index (χ3n) is 2.46. The van der Waals surface area contributed by atoms with Crippen LogP contribution in [0, 0.1) is 25.4 Å². The average molecular weight is 416 g/mol. The second-order valence-corrected chi connectivity index (χ2v) is 6.45. The van der Waals surface area contributed by atoms with E-state index < -0.39 is 10.7 Å². The van der Waals surface area contributed by atoms with Crippen LogP contribution in [0.4, 0.5) is 10.1 Å². The van der Waals surface area contributed by atoms with Gasteiger partial charge in [0.2, 0.25) is 0 Å². The highest BCUT2D eigenvalue weighted by atomic mass is 127. The van der Waals surface area contributed by atoms with Crippen LogP contribution in [-0.4, -0.2) is 9.75 Å². The highest BCUT2D eigenvalue weighted by Gasteiger charge is 2.20. The molecule has 0 saturated carbocycles. The molecule has 0 aliphatic carbocycles. The van der Waals surface area contributed by atoms with Gasteiger partial charge in [0, 0.05) is 16.5 Å². The van der Waals surface area contributed by atoms with Crippen LogP contribution in [0.25, 0.3) is 0 Å². The van der Waals surface area contributed by atoms with Gasteiger partial charge in [0.05, 0.1) is 8.49 Å². The largest absolute Gasteiger partial charge is 0.273 e. The Balaban J connectivity index is 3.13. The van der Waals surface area contributed by atoms with Crippen molar-refractivity contribution in [2.24, 2.45) is 5.92 Å². The quantitative estimate of drug-likeness (QED) is 0.318. The summed E-state index contributed by atoms with van der Waals surface area (Å²) in [4.78, 5) is 10.5.